The molecule has 4 nitrogen and oxygen atoms in total. The fourth-order valence-corrected chi connectivity index (χ4v) is 2.97. The fraction of sp³-hybridized carbons (Fsp3) is 0.381. The highest BCUT2D eigenvalue weighted by Crippen LogP contribution is 2.22. The fourth-order valence-electron chi connectivity index (χ4n) is 2.50. The molecule has 26 heavy (non-hydrogen) atoms. The minimum atomic E-state index is -0.201. The van der Waals surface area contributed by atoms with Gasteiger partial charge in [-0.15, -0.1) is 0 Å². The van der Waals surface area contributed by atoms with Gasteiger partial charge in [-0.1, -0.05) is 48.2 Å². The Balaban J connectivity index is 1.80. The molecule has 5 heteroatoms. The maximum absolute atomic E-state index is 12.1. The number of halogens is 1. The summed E-state index contributed by atoms with van der Waals surface area (Å²) in [6.07, 6.45) is 4.67. The van der Waals surface area contributed by atoms with Crippen LogP contribution in [0.5, 0.6) is 11.5 Å². The van der Waals surface area contributed by atoms with E-state index in [-0.39, 0.29) is 12.5 Å². The van der Waals surface area contributed by atoms with Crippen LogP contribution in [0.4, 0.5) is 5.69 Å². The SMILES string of the molecule is CCCCCCOc1cccc(NC(=O)COc2ccc(Br)cc2C)c1. The summed E-state index contributed by atoms with van der Waals surface area (Å²) in [5, 5.41) is 2.84. The minimum Gasteiger partial charge on any atom is -0.494 e. The van der Waals surface area contributed by atoms with Gasteiger partial charge < -0.3 is 14.8 Å². The van der Waals surface area contributed by atoms with E-state index in [9.17, 15) is 4.79 Å². The Morgan fingerprint density at radius 2 is 1.92 bits per heavy atom. The monoisotopic (exact) mass is 419 g/mol. The molecule has 0 atom stereocenters. The maximum Gasteiger partial charge on any atom is 0.262 e. The Labute approximate surface area is 164 Å². The van der Waals surface area contributed by atoms with E-state index in [2.05, 4.69) is 28.2 Å². The number of nitrogens with one attached hydrogen (secondary N) is 1. The molecule has 0 saturated heterocycles. The first-order chi connectivity index (χ1) is 12.6. The molecular formula is C21H26BrNO3. The molecule has 2 rings (SSSR count). The molecule has 1 N–H and O–H groups in total. The predicted octanol–water partition coefficient (Wildman–Crippen LogP) is 5.73. The summed E-state index contributed by atoms with van der Waals surface area (Å²) in [6, 6.07) is 13.1. The molecule has 0 radical (unpaired) electrons. The molecule has 0 aliphatic heterocycles. The highest BCUT2D eigenvalue weighted by molar-refractivity contribution is 9.10. The van der Waals surface area contributed by atoms with Gasteiger partial charge in [0.05, 0.1) is 6.61 Å². The molecule has 0 aliphatic rings. The molecule has 0 bridgehead atoms. The van der Waals surface area contributed by atoms with E-state index in [1.807, 2.05) is 49.4 Å². The Morgan fingerprint density at radius 3 is 2.69 bits per heavy atom. The number of hydrogen-bond donors (Lipinski definition) is 1. The van der Waals surface area contributed by atoms with Gasteiger partial charge in [0.2, 0.25) is 0 Å². The molecule has 2 aromatic rings. The number of carbonyl (C=O) groups is 1. The first-order valence-electron chi connectivity index (χ1n) is 9.00. The number of rotatable bonds is 10. The Hall–Kier alpha value is -2.01. The summed E-state index contributed by atoms with van der Waals surface area (Å²) in [5.74, 6) is 1.27. The molecule has 0 heterocycles. The van der Waals surface area contributed by atoms with Gasteiger partial charge in [0, 0.05) is 16.2 Å². The second-order valence-corrected chi connectivity index (χ2v) is 7.10. The Bertz CT molecular complexity index is 718. The van der Waals surface area contributed by atoms with Gasteiger partial charge in [0.25, 0.3) is 5.91 Å². The van der Waals surface area contributed by atoms with Gasteiger partial charge in [-0.2, -0.15) is 0 Å². The summed E-state index contributed by atoms with van der Waals surface area (Å²) >= 11 is 3.41. The minimum absolute atomic E-state index is 0.0371. The molecule has 140 valence electrons. The largest absolute Gasteiger partial charge is 0.494 e. The molecule has 0 spiro atoms. The standard InChI is InChI=1S/C21H26BrNO3/c1-3-4-5-6-12-25-19-9-7-8-18(14-19)23-21(24)15-26-20-11-10-17(22)13-16(20)2/h7-11,13-14H,3-6,12,15H2,1-2H3,(H,23,24). The number of aryl methyl sites for hydroxylation is 1. The lowest BCUT2D eigenvalue weighted by atomic mass is 10.2. The predicted molar refractivity (Wildman–Crippen MR) is 109 cm³/mol. The number of unbranched alkanes of at least 4 members (excludes halogenated alkanes) is 3. The van der Waals surface area contributed by atoms with Crippen LogP contribution < -0.4 is 14.8 Å². The molecule has 0 aliphatic carbocycles. The van der Waals surface area contributed by atoms with Crippen molar-refractivity contribution >= 4 is 27.5 Å². The van der Waals surface area contributed by atoms with Crippen LogP contribution in [-0.4, -0.2) is 19.1 Å². The number of ether oxygens (including phenoxy) is 2. The third kappa shape index (κ3) is 7.08. The zero-order chi connectivity index (χ0) is 18.8. The molecule has 0 unspecified atom stereocenters. The van der Waals surface area contributed by atoms with Gasteiger partial charge in [0.1, 0.15) is 11.5 Å². The lowest BCUT2D eigenvalue weighted by molar-refractivity contribution is -0.118. The van der Waals surface area contributed by atoms with Gasteiger partial charge in [-0.25, -0.2) is 0 Å². The zero-order valence-corrected chi connectivity index (χ0v) is 17.0. The molecule has 1 amide bonds. The third-order valence-electron chi connectivity index (χ3n) is 3.88. The van der Waals surface area contributed by atoms with Crippen LogP contribution in [0.1, 0.15) is 38.2 Å². The van der Waals surface area contributed by atoms with Crippen LogP contribution in [-0.2, 0) is 4.79 Å². The lowest BCUT2D eigenvalue weighted by Gasteiger charge is -2.11. The average molecular weight is 420 g/mol. The van der Waals surface area contributed by atoms with Crippen molar-refractivity contribution in [3.63, 3.8) is 0 Å². The van der Waals surface area contributed by atoms with Gasteiger partial charge in [-0.05, 0) is 49.2 Å². The lowest BCUT2D eigenvalue weighted by Crippen LogP contribution is -2.20. The van der Waals surface area contributed by atoms with E-state index in [0.717, 1.165) is 22.2 Å². The quantitative estimate of drug-likeness (QED) is 0.499. The van der Waals surface area contributed by atoms with Crippen molar-refractivity contribution in [3.8, 4) is 11.5 Å². The molecule has 0 aromatic heterocycles. The van der Waals surface area contributed by atoms with Crippen molar-refractivity contribution in [1.29, 1.82) is 0 Å². The second kappa shape index (κ2) is 10.9. The number of benzene rings is 2. The van der Waals surface area contributed by atoms with Crippen molar-refractivity contribution < 1.29 is 14.3 Å². The highest BCUT2D eigenvalue weighted by Gasteiger charge is 2.07. The Morgan fingerprint density at radius 1 is 1.08 bits per heavy atom. The first kappa shape index (κ1) is 20.3. The van der Waals surface area contributed by atoms with E-state index >= 15 is 0 Å². The number of anilines is 1. The summed E-state index contributed by atoms with van der Waals surface area (Å²) < 4.78 is 12.3. The van der Waals surface area contributed by atoms with Crippen molar-refractivity contribution in [2.75, 3.05) is 18.5 Å². The van der Waals surface area contributed by atoms with Crippen molar-refractivity contribution in [3.05, 3.63) is 52.5 Å². The first-order valence-corrected chi connectivity index (χ1v) is 9.79. The Kier molecular flexibility index (Phi) is 8.48. The molecular weight excluding hydrogens is 394 g/mol. The maximum atomic E-state index is 12.1. The van der Waals surface area contributed by atoms with Crippen molar-refractivity contribution in [2.45, 2.75) is 39.5 Å². The normalized spacial score (nSPS) is 10.4. The van der Waals surface area contributed by atoms with Crippen LogP contribution in [0.15, 0.2) is 46.9 Å². The van der Waals surface area contributed by atoms with Crippen molar-refractivity contribution in [1.82, 2.24) is 0 Å². The third-order valence-corrected chi connectivity index (χ3v) is 4.37. The van der Waals surface area contributed by atoms with Crippen LogP contribution in [0.2, 0.25) is 0 Å². The molecule has 0 saturated carbocycles. The van der Waals surface area contributed by atoms with Gasteiger partial charge in [0.15, 0.2) is 6.61 Å². The van der Waals surface area contributed by atoms with Gasteiger partial charge >= 0.3 is 0 Å². The summed E-state index contributed by atoms with van der Waals surface area (Å²) in [4.78, 5) is 12.1. The number of hydrogen-bond acceptors (Lipinski definition) is 3. The van der Waals surface area contributed by atoms with Gasteiger partial charge in [-0.3, -0.25) is 4.79 Å². The summed E-state index contributed by atoms with van der Waals surface area (Å²) in [6.45, 7) is 4.79. The van der Waals surface area contributed by atoms with E-state index in [4.69, 9.17) is 9.47 Å². The van der Waals surface area contributed by atoms with Crippen molar-refractivity contribution in [2.24, 2.45) is 0 Å². The van der Waals surface area contributed by atoms with Crippen LogP contribution in [0.25, 0.3) is 0 Å². The van der Waals surface area contributed by atoms with Crippen LogP contribution in [0.3, 0.4) is 0 Å². The van der Waals surface area contributed by atoms with Crippen LogP contribution >= 0.6 is 15.9 Å². The summed E-state index contributed by atoms with van der Waals surface area (Å²) in [5.41, 5.74) is 1.68. The van der Waals surface area contributed by atoms with Crippen LogP contribution in [0, 0.1) is 6.92 Å². The molecule has 2 aromatic carbocycles. The zero-order valence-electron chi connectivity index (χ0n) is 15.4. The smallest absolute Gasteiger partial charge is 0.262 e. The average Bonchev–Trinajstić information content (AvgIpc) is 2.61. The number of amides is 1. The van der Waals surface area contributed by atoms with E-state index in [1.165, 1.54) is 19.3 Å². The second-order valence-electron chi connectivity index (χ2n) is 6.18. The topological polar surface area (TPSA) is 47.6 Å². The summed E-state index contributed by atoms with van der Waals surface area (Å²) in [7, 11) is 0. The van der Waals surface area contributed by atoms with E-state index in [0.29, 0.717) is 18.0 Å². The van der Waals surface area contributed by atoms with E-state index in [1.54, 1.807) is 0 Å². The molecule has 0 fully saturated rings. The highest BCUT2D eigenvalue weighted by atomic mass is 79.9. The van der Waals surface area contributed by atoms with E-state index < -0.39 is 0 Å². The number of carbonyl (C=O) groups excluding carboxylic acids is 1.